The average Bonchev–Trinajstić information content (AvgIpc) is 3.03. The lowest BCUT2D eigenvalue weighted by atomic mass is 9.91. The van der Waals surface area contributed by atoms with Crippen molar-refractivity contribution >= 4 is 16.9 Å². The number of hydrogen-bond acceptors (Lipinski definition) is 3. The Morgan fingerprint density at radius 1 is 1.25 bits per heavy atom. The molecule has 0 unspecified atom stereocenters. The summed E-state index contributed by atoms with van der Waals surface area (Å²) in [6.07, 6.45) is 7.10. The summed E-state index contributed by atoms with van der Waals surface area (Å²) in [6, 6.07) is 8.38. The Labute approximate surface area is 141 Å². The number of carbonyl (C=O) groups excluding carboxylic acids is 1. The maximum atomic E-state index is 12.1. The molecule has 0 amide bonds. The van der Waals surface area contributed by atoms with E-state index in [0.717, 1.165) is 31.4 Å². The van der Waals surface area contributed by atoms with Crippen LogP contribution in [0.15, 0.2) is 53.4 Å². The number of rotatable bonds is 4. The summed E-state index contributed by atoms with van der Waals surface area (Å²) < 4.78 is 5.24. The maximum absolute atomic E-state index is 12.1. The third-order valence-electron chi connectivity index (χ3n) is 5.01. The lowest BCUT2D eigenvalue weighted by molar-refractivity contribution is -0.140. The SMILES string of the molecule is CCC1=CN(CCc2c[nH]c3ccccc23)CC2=C1CCOC2=O. The highest BCUT2D eigenvalue weighted by atomic mass is 16.5. The number of nitrogens with one attached hydrogen (secondary N) is 1. The zero-order valence-electron chi connectivity index (χ0n) is 14.0. The predicted octanol–water partition coefficient (Wildman–Crippen LogP) is 3.56. The van der Waals surface area contributed by atoms with Crippen molar-refractivity contribution in [2.75, 3.05) is 19.7 Å². The van der Waals surface area contributed by atoms with Crippen LogP contribution in [0.2, 0.25) is 0 Å². The number of ether oxygens (including phenoxy) is 1. The van der Waals surface area contributed by atoms with Gasteiger partial charge in [-0.05, 0) is 35.6 Å². The number of nitrogens with zero attached hydrogens (tertiary/aromatic N) is 1. The molecule has 2 aliphatic rings. The number of hydrogen-bond donors (Lipinski definition) is 1. The van der Waals surface area contributed by atoms with Gasteiger partial charge in [0.2, 0.25) is 0 Å². The number of H-pyrrole nitrogens is 1. The summed E-state index contributed by atoms with van der Waals surface area (Å²) in [4.78, 5) is 17.7. The van der Waals surface area contributed by atoms with Crippen LogP contribution < -0.4 is 0 Å². The standard InChI is InChI=1S/C20H22N2O2/c1-2-14-12-22(13-18-16(14)8-10-24-20(18)23)9-7-15-11-21-19-6-4-3-5-17(15)19/h3-6,11-12,21H,2,7-10,13H2,1H3. The van der Waals surface area contributed by atoms with E-state index in [0.29, 0.717) is 13.2 Å². The first-order valence-corrected chi connectivity index (χ1v) is 8.65. The van der Waals surface area contributed by atoms with E-state index in [4.69, 9.17) is 4.74 Å². The van der Waals surface area contributed by atoms with Gasteiger partial charge < -0.3 is 14.6 Å². The number of fused-ring (bicyclic) bond motifs is 1. The van der Waals surface area contributed by atoms with Gasteiger partial charge >= 0.3 is 5.97 Å². The number of benzene rings is 1. The molecule has 0 saturated carbocycles. The second kappa shape index (κ2) is 6.19. The first-order chi connectivity index (χ1) is 11.8. The quantitative estimate of drug-likeness (QED) is 0.875. The van der Waals surface area contributed by atoms with E-state index >= 15 is 0 Å². The van der Waals surface area contributed by atoms with Gasteiger partial charge in [0, 0.05) is 42.8 Å². The molecular formula is C20H22N2O2. The fraction of sp³-hybridized carbons (Fsp3) is 0.350. The molecule has 2 aromatic rings. The van der Waals surface area contributed by atoms with E-state index in [2.05, 4.69) is 47.4 Å². The highest BCUT2D eigenvalue weighted by Gasteiger charge is 2.28. The number of cyclic esters (lactones) is 1. The molecule has 4 heteroatoms. The van der Waals surface area contributed by atoms with Crippen LogP contribution in [0, 0.1) is 0 Å². The Morgan fingerprint density at radius 2 is 2.12 bits per heavy atom. The summed E-state index contributed by atoms with van der Waals surface area (Å²) in [5, 5.41) is 1.28. The van der Waals surface area contributed by atoms with E-state index in [1.54, 1.807) is 0 Å². The molecule has 0 radical (unpaired) electrons. The molecule has 1 aromatic carbocycles. The van der Waals surface area contributed by atoms with E-state index in [9.17, 15) is 4.79 Å². The Kier molecular flexibility index (Phi) is 3.89. The van der Waals surface area contributed by atoms with E-state index in [1.807, 2.05) is 6.07 Å². The monoisotopic (exact) mass is 322 g/mol. The van der Waals surface area contributed by atoms with Crippen LogP contribution in [-0.4, -0.2) is 35.5 Å². The van der Waals surface area contributed by atoms with Crippen molar-refractivity contribution in [2.24, 2.45) is 0 Å². The minimum atomic E-state index is -0.132. The summed E-state index contributed by atoms with van der Waals surface area (Å²) in [5.74, 6) is -0.132. The molecule has 0 fully saturated rings. The molecule has 3 heterocycles. The molecular weight excluding hydrogens is 300 g/mol. The average molecular weight is 322 g/mol. The number of aromatic nitrogens is 1. The summed E-state index contributed by atoms with van der Waals surface area (Å²) >= 11 is 0. The number of esters is 1. The summed E-state index contributed by atoms with van der Waals surface area (Å²) in [7, 11) is 0. The largest absolute Gasteiger partial charge is 0.462 e. The van der Waals surface area contributed by atoms with Crippen molar-refractivity contribution in [1.29, 1.82) is 0 Å². The van der Waals surface area contributed by atoms with Gasteiger partial charge in [-0.3, -0.25) is 0 Å². The Bertz CT molecular complexity index is 844. The van der Waals surface area contributed by atoms with Gasteiger partial charge in [0.1, 0.15) is 0 Å². The molecule has 4 nitrogen and oxygen atoms in total. The number of para-hydroxylation sites is 1. The molecule has 0 saturated heterocycles. The van der Waals surface area contributed by atoms with Crippen molar-refractivity contribution < 1.29 is 9.53 Å². The van der Waals surface area contributed by atoms with Crippen molar-refractivity contribution in [3.05, 3.63) is 58.9 Å². The van der Waals surface area contributed by atoms with Crippen molar-refractivity contribution in [1.82, 2.24) is 9.88 Å². The van der Waals surface area contributed by atoms with Crippen LogP contribution in [0.25, 0.3) is 10.9 Å². The summed E-state index contributed by atoms with van der Waals surface area (Å²) in [5.41, 5.74) is 5.86. The van der Waals surface area contributed by atoms with Crippen molar-refractivity contribution in [2.45, 2.75) is 26.2 Å². The third kappa shape index (κ3) is 2.62. The molecule has 1 N–H and O–H groups in total. The van der Waals surface area contributed by atoms with Gasteiger partial charge in [-0.25, -0.2) is 4.79 Å². The Morgan fingerprint density at radius 3 is 3.00 bits per heavy atom. The van der Waals surface area contributed by atoms with Crippen molar-refractivity contribution in [3.8, 4) is 0 Å². The minimum absolute atomic E-state index is 0.132. The van der Waals surface area contributed by atoms with Gasteiger partial charge in [-0.1, -0.05) is 25.1 Å². The maximum Gasteiger partial charge on any atom is 0.336 e. The molecule has 24 heavy (non-hydrogen) atoms. The molecule has 0 aliphatic carbocycles. The van der Waals surface area contributed by atoms with E-state index in [-0.39, 0.29) is 5.97 Å². The van der Waals surface area contributed by atoms with Gasteiger partial charge in [0.15, 0.2) is 0 Å². The van der Waals surface area contributed by atoms with Crippen LogP contribution in [0.4, 0.5) is 0 Å². The minimum Gasteiger partial charge on any atom is -0.462 e. The predicted molar refractivity (Wildman–Crippen MR) is 94.6 cm³/mol. The number of carbonyl (C=O) groups is 1. The highest BCUT2D eigenvalue weighted by Crippen LogP contribution is 2.31. The van der Waals surface area contributed by atoms with Gasteiger partial charge in [0.25, 0.3) is 0 Å². The normalized spacial score (nSPS) is 17.8. The van der Waals surface area contributed by atoms with Crippen LogP contribution in [0.5, 0.6) is 0 Å². The third-order valence-corrected chi connectivity index (χ3v) is 5.01. The van der Waals surface area contributed by atoms with Crippen molar-refractivity contribution in [3.63, 3.8) is 0 Å². The smallest absolute Gasteiger partial charge is 0.336 e. The zero-order valence-corrected chi connectivity index (χ0v) is 14.0. The van der Waals surface area contributed by atoms with Gasteiger partial charge in [-0.15, -0.1) is 0 Å². The molecule has 124 valence electrons. The lowest BCUT2D eigenvalue weighted by Gasteiger charge is -2.32. The topological polar surface area (TPSA) is 45.3 Å². The second-order valence-electron chi connectivity index (χ2n) is 6.43. The first-order valence-electron chi connectivity index (χ1n) is 8.65. The van der Waals surface area contributed by atoms with Gasteiger partial charge in [-0.2, -0.15) is 0 Å². The molecule has 0 spiro atoms. The Hall–Kier alpha value is -2.49. The van der Waals surface area contributed by atoms with Crippen LogP contribution in [0.1, 0.15) is 25.3 Å². The number of allylic oxidation sites excluding steroid dienone is 1. The van der Waals surface area contributed by atoms with Crippen LogP contribution in [0.3, 0.4) is 0 Å². The fourth-order valence-electron chi connectivity index (χ4n) is 3.72. The number of aromatic amines is 1. The summed E-state index contributed by atoms with van der Waals surface area (Å²) in [6.45, 7) is 4.24. The second-order valence-corrected chi connectivity index (χ2v) is 6.43. The molecule has 1 aromatic heterocycles. The van der Waals surface area contributed by atoms with E-state index in [1.165, 1.54) is 27.6 Å². The van der Waals surface area contributed by atoms with Crippen LogP contribution >= 0.6 is 0 Å². The van der Waals surface area contributed by atoms with Crippen LogP contribution in [-0.2, 0) is 16.0 Å². The molecule has 4 rings (SSSR count). The fourth-order valence-corrected chi connectivity index (χ4v) is 3.72. The van der Waals surface area contributed by atoms with Gasteiger partial charge in [0.05, 0.1) is 12.2 Å². The molecule has 2 aliphatic heterocycles. The van der Waals surface area contributed by atoms with E-state index < -0.39 is 0 Å². The zero-order chi connectivity index (χ0) is 16.5. The molecule has 0 bridgehead atoms. The molecule has 0 atom stereocenters. The lowest BCUT2D eigenvalue weighted by Crippen LogP contribution is -2.33. The first kappa shape index (κ1) is 15.1. The highest BCUT2D eigenvalue weighted by molar-refractivity contribution is 5.92. The Balaban J connectivity index is 1.52.